The van der Waals surface area contributed by atoms with Crippen LogP contribution in [0.2, 0.25) is 0 Å². The van der Waals surface area contributed by atoms with Gasteiger partial charge in [-0.3, -0.25) is 10.3 Å². The van der Waals surface area contributed by atoms with Crippen LogP contribution in [0.15, 0.2) is 30.7 Å². The van der Waals surface area contributed by atoms with E-state index in [2.05, 4.69) is 15.3 Å². The van der Waals surface area contributed by atoms with Gasteiger partial charge in [0.2, 0.25) is 0 Å². The molecule has 2 aromatic rings. The van der Waals surface area contributed by atoms with E-state index in [9.17, 15) is 14.7 Å². The number of carbonyl (C=O) groups excluding carboxylic acids is 1. The van der Waals surface area contributed by atoms with Crippen molar-refractivity contribution in [2.24, 2.45) is 0 Å². The molecule has 24 heavy (non-hydrogen) atoms. The number of thiazole rings is 1. The number of hydrogen-bond donors (Lipinski definition) is 2. The number of carboxylic acid groups (broad SMARTS) is 1. The number of hydrogen-bond acceptors (Lipinski definition) is 6. The predicted molar refractivity (Wildman–Crippen MR) is 91.7 cm³/mol. The molecule has 0 bridgehead atoms. The number of nitrogens with one attached hydrogen (secondary N) is 1. The lowest BCUT2D eigenvalue weighted by Gasteiger charge is -2.18. The van der Waals surface area contributed by atoms with Gasteiger partial charge in [0.15, 0.2) is 5.13 Å². The zero-order valence-electron chi connectivity index (χ0n) is 13.4. The number of nitrogens with zero attached hydrogens (tertiary/aromatic N) is 2. The minimum atomic E-state index is -1.08. The molecule has 0 atom stereocenters. The second kappa shape index (κ2) is 7.22. The minimum absolute atomic E-state index is 0.0796. The zero-order valence-corrected chi connectivity index (χ0v) is 14.3. The second-order valence-electron chi connectivity index (χ2n) is 5.80. The molecule has 0 radical (unpaired) electrons. The molecule has 0 aliphatic carbocycles. The molecule has 0 saturated heterocycles. The summed E-state index contributed by atoms with van der Waals surface area (Å²) in [6.45, 7) is 5.25. The summed E-state index contributed by atoms with van der Waals surface area (Å²) in [5, 5.41) is 12.2. The van der Waals surface area contributed by atoms with Crippen LogP contribution in [-0.2, 0) is 9.53 Å². The highest BCUT2D eigenvalue weighted by molar-refractivity contribution is 7.17. The number of rotatable bonds is 4. The van der Waals surface area contributed by atoms with E-state index in [-0.39, 0.29) is 10.7 Å². The summed E-state index contributed by atoms with van der Waals surface area (Å²) in [7, 11) is 0. The molecule has 0 aliphatic rings. The van der Waals surface area contributed by atoms with E-state index in [1.165, 1.54) is 12.3 Å². The molecule has 0 aromatic carbocycles. The summed E-state index contributed by atoms with van der Waals surface area (Å²) >= 11 is 1.06. The van der Waals surface area contributed by atoms with Crippen molar-refractivity contribution in [2.75, 3.05) is 5.32 Å². The van der Waals surface area contributed by atoms with Gasteiger partial charge in [-0.2, -0.15) is 0 Å². The molecule has 2 aromatic heterocycles. The van der Waals surface area contributed by atoms with E-state index in [0.717, 1.165) is 11.3 Å². The molecular weight excluding hydrogens is 330 g/mol. The highest BCUT2D eigenvalue weighted by atomic mass is 32.1. The van der Waals surface area contributed by atoms with E-state index in [1.54, 1.807) is 45.3 Å². The molecule has 0 fully saturated rings. The Hall–Kier alpha value is -2.74. The van der Waals surface area contributed by atoms with Gasteiger partial charge in [0.1, 0.15) is 5.60 Å². The average Bonchev–Trinajstić information content (AvgIpc) is 2.91. The first-order valence-corrected chi connectivity index (χ1v) is 7.87. The Morgan fingerprint density at radius 1 is 1.29 bits per heavy atom. The number of ether oxygens (including phenoxy) is 1. The van der Waals surface area contributed by atoms with Crippen LogP contribution in [0.5, 0.6) is 0 Å². The number of amides is 1. The van der Waals surface area contributed by atoms with Crippen LogP contribution in [-0.4, -0.2) is 32.7 Å². The first-order chi connectivity index (χ1) is 11.2. The van der Waals surface area contributed by atoms with Gasteiger partial charge in [0, 0.05) is 18.6 Å². The Kier molecular flexibility index (Phi) is 5.30. The van der Waals surface area contributed by atoms with Gasteiger partial charge >= 0.3 is 12.1 Å². The number of aliphatic carboxylic acids is 1. The third-order valence-electron chi connectivity index (χ3n) is 2.63. The van der Waals surface area contributed by atoms with Crippen LogP contribution in [0.4, 0.5) is 9.93 Å². The van der Waals surface area contributed by atoms with Gasteiger partial charge in [-0.05, 0) is 44.5 Å². The van der Waals surface area contributed by atoms with Crippen molar-refractivity contribution in [3.8, 4) is 0 Å². The van der Waals surface area contributed by atoms with Gasteiger partial charge in [0.05, 0.1) is 10.5 Å². The first-order valence-electron chi connectivity index (χ1n) is 7.06. The molecule has 2 rings (SSSR count). The van der Waals surface area contributed by atoms with Crippen LogP contribution in [0.1, 0.15) is 31.2 Å². The maximum absolute atomic E-state index is 11.7. The summed E-state index contributed by atoms with van der Waals surface area (Å²) in [5.74, 6) is -1.08. The third kappa shape index (κ3) is 5.17. The molecule has 126 valence electrons. The maximum atomic E-state index is 11.7. The van der Waals surface area contributed by atoms with Gasteiger partial charge in [0.25, 0.3) is 0 Å². The number of anilines is 1. The smallest absolute Gasteiger partial charge is 0.413 e. The normalized spacial score (nSPS) is 11.9. The lowest BCUT2D eigenvalue weighted by atomic mass is 10.1. The number of aromatic nitrogens is 2. The lowest BCUT2D eigenvalue weighted by molar-refractivity contribution is -0.130. The Bertz CT molecular complexity index is 763. The highest BCUT2D eigenvalue weighted by Gasteiger charge is 2.19. The minimum Gasteiger partial charge on any atom is -0.478 e. The van der Waals surface area contributed by atoms with E-state index < -0.39 is 17.7 Å². The van der Waals surface area contributed by atoms with Crippen molar-refractivity contribution in [3.05, 3.63) is 41.2 Å². The average molecular weight is 347 g/mol. The second-order valence-corrected chi connectivity index (χ2v) is 6.83. The quantitative estimate of drug-likeness (QED) is 0.821. The van der Waals surface area contributed by atoms with Gasteiger partial charge < -0.3 is 9.84 Å². The van der Waals surface area contributed by atoms with Crippen molar-refractivity contribution in [1.29, 1.82) is 0 Å². The zero-order chi connectivity index (χ0) is 17.7. The maximum Gasteiger partial charge on any atom is 0.413 e. The standard InChI is InChI=1S/C16H17N3O4S/c1-16(2,3)23-15(22)19-14-18-9-12(24-14)11(13(20)21)8-10-4-6-17-7-5-10/h4-9H,1-3H3,(H,20,21)(H,18,19,22). The third-order valence-corrected chi connectivity index (χ3v) is 3.57. The fraction of sp³-hybridized carbons (Fsp3) is 0.250. The van der Waals surface area contributed by atoms with Crippen LogP contribution in [0.3, 0.4) is 0 Å². The fourth-order valence-corrected chi connectivity index (χ4v) is 2.52. The summed E-state index contributed by atoms with van der Waals surface area (Å²) < 4.78 is 5.13. The van der Waals surface area contributed by atoms with Gasteiger partial charge in [-0.25, -0.2) is 14.6 Å². The van der Waals surface area contributed by atoms with Crippen molar-refractivity contribution in [3.63, 3.8) is 0 Å². The molecule has 8 heteroatoms. The van der Waals surface area contributed by atoms with Crippen LogP contribution in [0.25, 0.3) is 11.6 Å². The van der Waals surface area contributed by atoms with E-state index >= 15 is 0 Å². The van der Waals surface area contributed by atoms with Gasteiger partial charge in [-0.1, -0.05) is 11.3 Å². The Morgan fingerprint density at radius 3 is 2.54 bits per heavy atom. The van der Waals surface area contributed by atoms with Crippen LogP contribution < -0.4 is 5.32 Å². The first kappa shape index (κ1) is 17.6. The molecule has 7 nitrogen and oxygen atoms in total. The number of carbonyl (C=O) groups is 2. The lowest BCUT2D eigenvalue weighted by Crippen LogP contribution is -2.27. The Labute approximate surface area is 143 Å². The van der Waals surface area contributed by atoms with Crippen molar-refractivity contribution in [2.45, 2.75) is 26.4 Å². The summed E-state index contributed by atoms with van der Waals surface area (Å²) in [5.41, 5.74) is 0.158. The number of carboxylic acids is 1. The van der Waals surface area contributed by atoms with E-state index in [0.29, 0.717) is 10.4 Å². The monoisotopic (exact) mass is 347 g/mol. The topological polar surface area (TPSA) is 101 Å². The fourth-order valence-electron chi connectivity index (χ4n) is 1.71. The highest BCUT2D eigenvalue weighted by Crippen LogP contribution is 2.27. The summed E-state index contributed by atoms with van der Waals surface area (Å²) in [6.07, 6.45) is 5.44. The summed E-state index contributed by atoms with van der Waals surface area (Å²) in [4.78, 5) is 31.6. The molecule has 0 aliphatic heterocycles. The van der Waals surface area contributed by atoms with Gasteiger partial charge in [-0.15, -0.1) is 0 Å². The molecule has 2 N–H and O–H groups in total. The molecule has 1 amide bonds. The number of pyridine rings is 1. The summed E-state index contributed by atoms with van der Waals surface area (Å²) in [6, 6.07) is 3.40. The Balaban J connectivity index is 2.19. The molecule has 0 saturated carbocycles. The molecule has 0 spiro atoms. The Morgan fingerprint density at radius 2 is 1.96 bits per heavy atom. The van der Waals surface area contributed by atoms with Crippen LogP contribution in [0, 0.1) is 0 Å². The molecule has 0 unspecified atom stereocenters. The van der Waals surface area contributed by atoms with Crippen molar-refractivity contribution < 1.29 is 19.4 Å². The molecular formula is C16H17N3O4S. The van der Waals surface area contributed by atoms with E-state index in [1.807, 2.05) is 0 Å². The largest absolute Gasteiger partial charge is 0.478 e. The predicted octanol–water partition coefficient (Wildman–Crippen LogP) is 3.51. The van der Waals surface area contributed by atoms with Crippen molar-refractivity contribution >= 4 is 40.2 Å². The SMILES string of the molecule is CC(C)(C)OC(=O)Nc1ncc(C(=Cc2ccncc2)C(=O)O)s1. The van der Waals surface area contributed by atoms with Crippen molar-refractivity contribution in [1.82, 2.24) is 9.97 Å². The molecule has 2 heterocycles. The van der Waals surface area contributed by atoms with E-state index in [4.69, 9.17) is 4.74 Å². The van der Waals surface area contributed by atoms with Crippen LogP contribution >= 0.6 is 11.3 Å².